The maximum atomic E-state index is 5.28. The van der Waals surface area contributed by atoms with Gasteiger partial charge in [-0.1, -0.05) is 43.7 Å². The van der Waals surface area contributed by atoms with E-state index in [-0.39, 0.29) is 0 Å². The summed E-state index contributed by atoms with van der Waals surface area (Å²) in [6.45, 7) is 2.25. The summed E-state index contributed by atoms with van der Waals surface area (Å²) in [6.07, 6.45) is 4.58. The fourth-order valence-corrected chi connectivity index (χ4v) is 3.59. The molecule has 2 rings (SSSR count). The lowest BCUT2D eigenvalue weighted by Gasteiger charge is -2.28. The van der Waals surface area contributed by atoms with Crippen molar-refractivity contribution in [1.82, 2.24) is 0 Å². The van der Waals surface area contributed by atoms with Gasteiger partial charge in [-0.05, 0) is 42.5 Å². The van der Waals surface area contributed by atoms with Gasteiger partial charge in [0.05, 0.1) is 13.2 Å². The normalized spacial score (nSPS) is 13.4. The van der Waals surface area contributed by atoms with Crippen LogP contribution in [0.15, 0.2) is 54.6 Å². The molecule has 1 N–H and O–H groups in total. The molecule has 118 valence electrons. The van der Waals surface area contributed by atoms with Crippen LogP contribution in [0.4, 0.5) is 5.69 Å². The second kappa shape index (κ2) is 8.74. The Kier molecular flexibility index (Phi) is 6.66. The number of rotatable bonds is 8. The minimum atomic E-state index is 0.295. The largest absolute Gasteiger partial charge is 0.497 e. The van der Waals surface area contributed by atoms with Crippen LogP contribution in [0.5, 0.6) is 5.75 Å². The molecule has 2 unspecified atom stereocenters. The van der Waals surface area contributed by atoms with E-state index < -0.39 is 0 Å². The van der Waals surface area contributed by atoms with Gasteiger partial charge in [0, 0.05) is 10.9 Å². The van der Waals surface area contributed by atoms with Crippen molar-refractivity contribution in [2.24, 2.45) is 0 Å². The fourth-order valence-electron chi connectivity index (χ4n) is 2.62. The first kappa shape index (κ1) is 16.8. The molecule has 0 saturated heterocycles. The highest BCUT2D eigenvalue weighted by molar-refractivity contribution is 7.99. The zero-order chi connectivity index (χ0) is 15.8. The second-order valence-electron chi connectivity index (χ2n) is 5.32. The summed E-state index contributed by atoms with van der Waals surface area (Å²) >= 11 is 1.93. The molecule has 2 atom stereocenters. The quantitative estimate of drug-likeness (QED) is 0.706. The van der Waals surface area contributed by atoms with Gasteiger partial charge in [-0.15, -0.1) is 0 Å². The van der Waals surface area contributed by atoms with E-state index in [0.717, 1.165) is 5.75 Å². The standard InChI is InChI=1S/C19H25NOS/c1-4-8-18(22-3)19(20-16-9-6-5-7-10-16)15-11-13-17(21-2)14-12-15/h5-7,9-14,18-20H,4,8H2,1-3H3. The van der Waals surface area contributed by atoms with E-state index in [1.165, 1.54) is 24.1 Å². The molecule has 0 amide bonds. The van der Waals surface area contributed by atoms with Gasteiger partial charge in [-0.3, -0.25) is 0 Å². The molecule has 2 aromatic carbocycles. The van der Waals surface area contributed by atoms with Crippen LogP contribution in [0.3, 0.4) is 0 Å². The molecule has 0 fully saturated rings. The predicted molar refractivity (Wildman–Crippen MR) is 98.0 cm³/mol. The van der Waals surface area contributed by atoms with E-state index in [4.69, 9.17) is 4.74 Å². The zero-order valence-corrected chi connectivity index (χ0v) is 14.4. The number of hydrogen-bond donors (Lipinski definition) is 1. The number of ether oxygens (including phenoxy) is 1. The van der Waals surface area contributed by atoms with Gasteiger partial charge in [0.2, 0.25) is 0 Å². The lowest BCUT2D eigenvalue weighted by molar-refractivity contribution is 0.414. The Balaban J connectivity index is 2.26. The van der Waals surface area contributed by atoms with Crippen LogP contribution in [-0.4, -0.2) is 18.6 Å². The maximum Gasteiger partial charge on any atom is 0.118 e. The summed E-state index contributed by atoms with van der Waals surface area (Å²) in [5.41, 5.74) is 2.47. The first-order chi connectivity index (χ1) is 10.8. The third-order valence-electron chi connectivity index (χ3n) is 3.82. The molecular weight excluding hydrogens is 290 g/mol. The Morgan fingerprint density at radius 3 is 2.27 bits per heavy atom. The molecule has 0 aliphatic rings. The summed E-state index contributed by atoms with van der Waals surface area (Å²) < 4.78 is 5.28. The van der Waals surface area contributed by atoms with E-state index in [1.54, 1.807) is 7.11 Å². The number of benzene rings is 2. The minimum Gasteiger partial charge on any atom is -0.497 e. The van der Waals surface area contributed by atoms with Crippen molar-refractivity contribution in [3.05, 3.63) is 60.2 Å². The third-order valence-corrected chi connectivity index (χ3v) is 4.93. The number of anilines is 1. The molecule has 0 bridgehead atoms. The van der Waals surface area contributed by atoms with Gasteiger partial charge in [-0.25, -0.2) is 0 Å². The van der Waals surface area contributed by atoms with Crippen molar-refractivity contribution in [2.75, 3.05) is 18.7 Å². The van der Waals surface area contributed by atoms with E-state index in [0.29, 0.717) is 11.3 Å². The van der Waals surface area contributed by atoms with Crippen molar-refractivity contribution in [1.29, 1.82) is 0 Å². The molecule has 0 aliphatic heterocycles. The minimum absolute atomic E-state index is 0.295. The molecular formula is C19H25NOS. The molecule has 3 heteroatoms. The van der Waals surface area contributed by atoms with E-state index in [2.05, 4.69) is 54.9 Å². The average molecular weight is 315 g/mol. The average Bonchev–Trinajstić information content (AvgIpc) is 2.59. The highest BCUT2D eigenvalue weighted by Gasteiger charge is 2.22. The molecule has 0 radical (unpaired) electrons. The Morgan fingerprint density at radius 1 is 1.05 bits per heavy atom. The number of nitrogens with one attached hydrogen (secondary N) is 1. The highest BCUT2D eigenvalue weighted by atomic mass is 32.2. The van der Waals surface area contributed by atoms with Crippen molar-refractivity contribution in [3.63, 3.8) is 0 Å². The first-order valence-corrected chi connectivity index (χ1v) is 9.05. The lowest BCUT2D eigenvalue weighted by atomic mass is 10.00. The summed E-state index contributed by atoms with van der Waals surface area (Å²) in [6, 6.07) is 19.1. The Labute approximate surface area is 138 Å². The molecule has 0 saturated carbocycles. The van der Waals surface area contributed by atoms with Crippen LogP contribution in [0.2, 0.25) is 0 Å². The van der Waals surface area contributed by atoms with Crippen LogP contribution in [0.1, 0.15) is 31.4 Å². The molecule has 2 nitrogen and oxygen atoms in total. The zero-order valence-electron chi connectivity index (χ0n) is 13.6. The van der Waals surface area contributed by atoms with E-state index >= 15 is 0 Å². The number of methoxy groups -OCH3 is 1. The Morgan fingerprint density at radius 2 is 1.73 bits per heavy atom. The van der Waals surface area contributed by atoms with Gasteiger partial charge in [0.25, 0.3) is 0 Å². The van der Waals surface area contributed by atoms with Crippen LogP contribution >= 0.6 is 11.8 Å². The summed E-state index contributed by atoms with van der Waals surface area (Å²) in [5, 5.41) is 4.25. The molecule has 0 aliphatic carbocycles. The van der Waals surface area contributed by atoms with E-state index in [9.17, 15) is 0 Å². The van der Waals surface area contributed by atoms with Crippen molar-refractivity contribution in [3.8, 4) is 5.75 Å². The van der Waals surface area contributed by atoms with Crippen LogP contribution in [0, 0.1) is 0 Å². The Hall–Kier alpha value is -1.61. The maximum absolute atomic E-state index is 5.28. The number of thioether (sulfide) groups is 1. The highest BCUT2D eigenvalue weighted by Crippen LogP contribution is 2.32. The lowest BCUT2D eigenvalue weighted by Crippen LogP contribution is -2.23. The van der Waals surface area contributed by atoms with Crippen LogP contribution < -0.4 is 10.1 Å². The predicted octanol–water partition coefficient (Wildman–Crippen LogP) is 5.38. The SMILES string of the molecule is CCCC(SC)C(Nc1ccccc1)c1ccc(OC)cc1. The molecule has 0 aromatic heterocycles. The third kappa shape index (κ3) is 4.44. The van der Waals surface area contributed by atoms with Crippen molar-refractivity contribution in [2.45, 2.75) is 31.1 Å². The number of para-hydroxylation sites is 1. The summed E-state index contributed by atoms with van der Waals surface area (Å²) in [7, 11) is 1.70. The van der Waals surface area contributed by atoms with Crippen molar-refractivity contribution < 1.29 is 4.74 Å². The Bertz CT molecular complexity index is 541. The molecule has 0 heterocycles. The van der Waals surface area contributed by atoms with Gasteiger partial charge < -0.3 is 10.1 Å². The number of hydrogen-bond acceptors (Lipinski definition) is 3. The summed E-state index contributed by atoms with van der Waals surface area (Å²) in [4.78, 5) is 0. The van der Waals surface area contributed by atoms with E-state index in [1.807, 2.05) is 30.0 Å². The van der Waals surface area contributed by atoms with Crippen LogP contribution in [-0.2, 0) is 0 Å². The molecule has 22 heavy (non-hydrogen) atoms. The van der Waals surface area contributed by atoms with Gasteiger partial charge in [0.15, 0.2) is 0 Å². The summed E-state index contributed by atoms with van der Waals surface area (Å²) in [5.74, 6) is 0.901. The van der Waals surface area contributed by atoms with Gasteiger partial charge in [-0.2, -0.15) is 11.8 Å². The van der Waals surface area contributed by atoms with Crippen LogP contribution in [0.25, 0.3) is 0 Å². The topological polar surface area (TPSA) is 21.3 Å². The fraction of sp³-hybridized carbons (Fsp3) is 0.368. The first-order valence-electron chi connectivity index (χ1n) is 7.76. The molecule has 2 aromatic rings. The van der Waals surface area contributed by atoms with Gasteiger partial charge >= 0.3 is 0 Å². The molecule has 0 spiro atoms. The smallest absolute Gasteiger partial charge is 0.118 e. The van der Waals surface area contributed by atoms with Crippen molar-refractivity contribution >= 4 is 17.4 Å². The monoisotopic (exact) mass is 315 g/mol. The second-order valence-corrected chi connectivity index (χ2v) is 6.40. The van der Waals surface area contributed by atoms with Gasteiger partial charge in [0.1, 0.15) is 5.75 Å².